The van der Waals surface area contributed by atoms with Gasteiger partial charge in [0, 0.05) is 13.1 Å². The summed E-state index contributed by atoms with van der Waals surface area (Å²) in [4.78, 5) is 21.1. The van der Waals surface area contributed by atoms with Crippen LogP contribution in [-0.2, 0) is 4.79 Å². The van der Waals surface area contributed by atoms with Gasteiger partial charge in [-0.15, -0.1) is 0 Å². The van der Waals surface area contributed by atoms with Crippen molar-refractivity contribution in [2.45, 2.75) is 12.8 Å². The Morgan fingerprint density at radius 2 is 1.92 bits per heavy atom. The molecule has 0 bridgehead atoms. The summed E-state index contributed by atoms with van der Waals surface area (Å²) in [6.07, 6.45) is 0.968. The van der Waals surface area contributed by atoms with E-state index in [9.17, 15) is 9.59 Å². The van der Waals surface area contributed by atoms with Crippen molar-refractivity contribution in [3.05, 3.63) is 0 Å². The molecule has 1 saturated heterocycles. The number of carboxylic acid groups (broad SMARTS) is 1. The average Bonchev–Trinajstić information content (AvgIpc) is 2.53. The van der Waals surface area contributed by atoms with Crippen LogP contribution in [0, 0.1) is 0 Å². The molecule has 74 valence electrons. The summed E-state index contributed by atoms with van der Waals surface area (Å²) in [5.41, 5.74) is 2.60. The van der Waals surface area contributed by atoms with Gasteiger partial charge in [-0.05, 0) is 12.8 Å². The first-order valence-corrected chi connectivity index (χ1v) is 4.20. The van der Waals surface area contributed by atoms with Crippen molar-refractivity contribution in [1.29, 1.82) is 0 Å². The van der Waals surface area contributed by atoms with Gasteiger partial charge in [-0.2, -0.15) is 0 Å². The SMILES string of the molecule is O=C(O)NCC(=O)NN1CCCC1. The lowest BCUT2D eigenvalue weighted by molar-refractivity contribution is -0.124. The van der Waals surface area contributed by atoms with E-state index >= 15 is 0 Å². The maximum absolute atomic E-state index is 11.0. The summed E-state index contributed by atoms with van der Waals surface area (Å²) in [6, 6.07) is 0. The molecule has 0 aromatic rings. The van der Waals surface area contributed by atoms with Crippen molar-refractivity contribution in [2.24, 2.45) is 0 Å². The fraction of sp³-hybridized carbons (Fsp3) is 0.714. The Kier molecular flexibility index (Phi) is 3.51. The molecule has 0 radical (unpaired) electrons. The number of hydrogen-bond donors (Lipinski definition) is 3. The number of carbonyl (C=O) groups excluding carboxylic acids is 1. The molecule has 1 heterocycles. The van der Waals surface area contributed by atoms with Gasteiger partial charge in [-0.3, -0.25) is 10.2 Å². The van der Waals surface area contributed by atoms with Gasteiger partial charge in [0.2, 0.25) is 0 Å². The summed E-state index contributed by atoms with van der Waals surface area (Å²) in [6.45, 7) is 1.50. The largest absolute Gasteiger partial charge is 0.465 e. The monoisotopic (exact) mass is 187 g/mol. The van der Waals surface area contributed by atoms with Gasteiger partial charge in [-0.1, -0.05) is 0 Å². The Balaban J connectivity index is 2.13. The second kappa shape index (κ2) is 4.66. The van der Waals surface area contributed by atoms with Crippen LogP contribution in [0.1, 0.15) is 12.8 Å². The quantitative estimate of drug-likeness (QED) is 0.550. The van der Waals surface area contributed by atoms with Gasteiger partial charge in [0.25, 0.3) is 5.91 Å². The van der Waals surface area contributed by atoms with Crippen molar-refractivity contribution < 1.29 is 14.7 Å². The molecule has 13 heavy (non-hydrogen) atoms. The molecular weight excluding hydrogens is 174 g/mol. The molecule has 0 aromatic carbocycles. The highest BCUT2D eigenvalue weighted by molar-refractivity contribution is 5.81. The molecule has 0 saturated carbocycles. The third-order valence-corrected chi connectivity index (χ3v) is 1.79. The van der Waals surface area contributed by atoms with Gasteiger partial charge in [0.1, 0.15) is 6.54 Å². The third-order valence-electron chi connectivity index (χ3n) is 1.79. The second-order valence-electron chi connectivity index (χ2n) is 2.89. The molecular formula is C7H13N3O3. The molecule has 1 rings (SSSR count). The van der Waals surface area contributed by atoms with Crippen LogP contribution in [0.2, 0.25) is 0 Å². The van der Waals surface area contributed by atoms with E-state index in [1.807, 2.05) is 5.32 Å². The summed E-state index contributed by atoms with van der Waals surface area (Å²) in [5.74, 6) is -0.315. The maximum atomic E-state index is 11.0. The lowest BCUT2D eigenvalue weighted by Crippen LogP contribution is -2.45. The minimum absolute atomic E-state index is 0.189. The van der Waals surface area contributed by atoms with Crippen molar-refractivity contribution >= 4 is 12.0 Å². The van der Waals surface area contributed by atoms with Gasteiger partial charge in [0.15, 0.2) is 0 Å². The van der Waals surface area contributed by atoms with Crippen LogP contribution in [0.15, 0.2) is 0 Å². The molecule has 0 spiro atoms. The predicted octanol–water partition coefficient (Wildman–Crippen LogP) is -0.619. The Hall–Kier alpha value is -1.30. The van der Waals surface area contributed by atoms with E-state index in [0.717, 1.165) is 25.9 Å². The van der Waals surface area contributed by atoms with Crippen molar-refractivity contribution in [2.75, 3.05) is 19.6 Å². The Labute approximate surface area is 75.9 Å². The standard InChI is InChI=1S/C7H13N3O3/c11-6(5-8-7(12)13)9-10-3-1-2-4-10/h8H,1-5H2,(H,9,11)(H,12,13). The number of amides is 2. The van der Waals surface area contributed by atoms with E-state index in [4.69, 9.17) is 5.11 Å². The first kappa shape index (κ1) is 9.79. The minimum Gasteiger partial charge on any atom is -0.465 e. The number of nitrogens with one attached hydrogen (secondary N) is 2. The number of carbonyl (C=O) groups is 2. The smallest absolute Gasteiger partial charge is 0.405 e. The van der Waals surface area contributed by atoms with Crippen LogP contribution in [-0.4, -0.2) is 41.8 Å². The van der Waals surface area contributed by atoms with Gasteiger partial charge in [-0.25, -0.2) is 9.80 Å². The maximum Gasteiger partial charge on any atom is 0.405 e. The van der Waals surface area contributed by atoms with E-state index in [1.54, 1.807) is 5.01 Å². The number of hydrazine groups is 1. The van der Waals surface area contributed by atoms with Crippen LogP contribution in [0.5, 0.6) is 0 Å². The lowest BCUT2D eigenvalue weighted by Gasteiger charge is -2.15. The Morgan fingerprint density at radius 1 is 1.31 bits per heavy atom. The molecule has 0 atom stereocenters. The van der Waals surface area contributed by atoms with Crippen molar-refractivity contribution in [3.8, 4) is 0 Å². The summed E-state index contributed by atoms with van der Waals surface area (Å²) in [7, 11) is 0. The normalized spacial score (nSPS) is 16.9. The lowest BCUT2D eigenvalue weighted by atomic mass is 10.4. The van der Waals surface area contributed by atoms with Gasteiger partial charge >= 0.3 is 6.09 Å². The van der Waals surface area contributed by atoms with Gasteiger partial charge in [0.05, 0.1) is 0 Å². The summed E-state index contributed by atoms with van der Waals surface area (Å²) in [5, 5.41) is 12.0. The second-order valence-corrected chi connectivity index (χ2v) is 2.89. The van der Waals surface area contributed by atoms with E-state index in [0.29, 0.717) is 0 Å². The molecule has 0 aliphatic carbocycles. The predicted molar refractivity (Wildman–Crippen MR) is 45.0 cm³/mol. The topological polar surface area (TPSA) is 81.7 Å². The highest BCUT2D eigenvalue weighted by atomic mass is 16.4. The molecule has 0 aromatic heterocycles. The fourth-order valence-corrected chi connectivity index (χ4v) is 1.20. The van der Waals surface area contributed by atoms with E-state index in [1.165, 1.54) is 0 Å². The zero-order valence-corrected chi connectivity index (χ0v) is 7.25. The summed E-state index contributed by atoms with van der Waals surface area (Å²) < 4.78 is 0. The highest BCUT2D eigenvalue weighted by Gasteiger charge is 2.13. The van der Waals surface area contributed by atoms with Crippen LogP contribution in [0.4, 0.5) is 4.79 Å². The molecule has 1 fully saturated rings. The van der Waals surface area contributed by atoms with E-state index < -0.39 is 6.09 Å². The molecule has 1 aliphatic heterocycles. The first-order chi connectivity index (χ1) is 6.18. The average molecular weight is 187 g/mol. The van der Waals surface area contributed by atoms with Crippen molar-refractivity contribution in [3.63, 3.8) is 0 Å². The van der Waals surface area contributed by atoms with Gasteiger partial charge < -0.3 is 10.4 Å². The van der Waals surface area contributed by atoms with Crippen molar-refractivity contribution in [1.82, 2.24) is 15.8 Å². The van der Waals surface area contributed by atoms with Crippen LogP contribution in [0.3, 0.4) is 0 Å². The Bertz CT molecular complexity index is 201. The van der Waals surface area contributed by atoms with Crippen LogP contribution >= 0.6 is 0 Å². The molecule has 3 N–H and O–H groups in total. The van der Waals surface area contributed by atoms with E-state index in [-0.39, 0.29) is 12.5 Å². The number of hydrogen-bond acceptors (Lipinski definition) is 3. The Morgan fingerprint density at radius 3 is 2.46 bits per heavy atom. The summed E-state index contributed by atoms with van der Waals surface area (Å²) >= 11 is 0. The molecule has 0 unspecified atom stereocenters. The molecule has 6 heteroatoms. The fourth-order valence-electron chi connectivity index (χ4n) is 1.20. The first-order valence-electron chi connectivity index (χ1n) is 4.20. The zero-order chi connectivity index (χ0) is 9.68. The van der Waals surface area contributed by atoms with E-state index in [2.05, 4.69) is 5.43 Å². The zero-order valence-electron chi connectivity index (χ0n) is 7.25. The van der Waals surface area contributed by atoms with Crippen LogP contribution < -0.4 is 10.7 Å². The number of rotatable bonds is 3. The minimum atomic E-state index is -1.18. The molecule has 2 amide bonds. The molecule has 6 nitrogen and oxygen atoms in total. The molecule has 1 aliphatic rings. The highest BCUT2D eigenvalue weighted by Crippen LogP contribution is 2.02. The van der Waals surface area contributed by atoms with Crippen LogP contribution in [0.25, 0.3) is 0 Å². The number of nitrogens with zero attached hydrogens (tertiary/aromatic N) is 1. The third kappa shape index (κ3) is 3.75.